The monoisotopic (exact) mass is 544 g/mol. The predicted octanol–water partition coefficient (Wildman–Crippen LogP) is 2.53. The molecule has 0 atom stereocenters. The molecule has 1 aromatic carbocycles. The number of nitrogens with zero attached hydrogens (tertiary/aromatic N) is 4. The van der Waals surface area contributed by atoms with Gasteiger partial charge in [0.25, 0.3) is 10.2 Å². The van der Waals surface area contributed by atoms with Crippen molar-refractivity contribution in [2.24, 2.45) is 5.14 Å². The number of hydrogen-bond donors (Lipinski definition) is 2. The highest BCUT2D eigenvalue weighted by Crippen LogP contribution is 2.29. The van der Waals surface area contributed by atoms with Crippen molar-refractivity contribution in [1.82, 2.24) is 19.9 Å². The third-order valence-electron chi connectivity index (χ3n) is 3.29. The fraction of sp³-hybridized carbons (Fsp3) is 0.125. The normalized spacial score (nSPS) is 11.1. The first-order valence-corrected chi connectivity index (χ1v) is 11.1. The summed E-state index contributed by atoms with van der Waals surface area (Å²) < 4.78 is 37.2. The number of anilines is 1. The SMILES string of the molecule is NS(=O)(=O)Nc1ncc(-c2ccc(Br)cc2)c(OCCOc2ncc(Br)cn2)n1. The number of benzene rings is 1. The Morgan fingerprint density at radius 3 is 2.24 bits per heavy atom. The maximum Gasteiger partial charge on any atom is 0.316 e. The number of nitrogens with two attached hydrogens (primary N) is 1. The number of rotatable bonds is 8. The number of hydrogen-bond acceptors (Lipinski definition) is 8. The van der Waals surface area contributed by atoms with Gasteiger partial charge in [0.2, 0.25) is 11.8 Å². The smallest absolute Gasteiger partial charge is 0.316 e. The van der Waals surface area contributed by atoms with Gasteiger partial charge in [-0.05, 0) is 33.6 Å². The number of halogens is 2. The quantitative estimate of drug-likeness (QED) is 0.411. The summed E-state index contributed by atoms with van der Waals surface area (Å²) in [5, 5.41) is 4.98. The van der Waals surface area contributed by atoms with Gasteiger partial charge < -0.3 is 9.47 Å². The van der Waals surface area contributed by atoms with Crippen LogP contribution in [0.2, 0.25) is 0 Å². The number of nitrogens with one attached hydrogen (secondary N) is 1. The molecule has 0 aliphatic carbocycles. The highest BCUT2D eigenvalue weighted by Gasteiger charge is 2.14. The Morgan fingerprint density at radius 2 is 1.59 bits per heavy atom. The molecule has 0 aliphatic rings. The lowest BCUT2D eigenvalue weighted by molar-refractivity contribution is 0.202. The lowest BCUT2D eigenvalue weighted by Gasteiger charge is -2.12. The largest absolute Gasteiger partial charge is 0.473 e. The minimum atomic E-state index is -4.02. The van der Waals surface area contributed by atoms with Crippen LogP contribution in [-0.2, 0) is 10.2 Å². The second-order valence-corrected chi connectivity index (χ2v) is 8.57. The van der Waals surface area contributed by atoms with Gasteiger partial charge in [0, 0.05) is 23.1 Å². The van der Waals surface area contributed by atoms with Gasteiger partial charge in [-0.25, -0.2) is 24.8 Å². The minimum absolute atomic E-state index is 0.106. The zero-order valence-corrected chi connectivity index (χ0v) is 18.6. The fourth-order valence-corrected chi connectivity index (χ4v) is 2.95. The molecule has 0 saturated carbocycles. The third kappa shape index (κ3) is 6.59. The Balaban J connectivity index is 1.76. The molecule has 152 valence electrons. The summed E-state index contributed by atoms with van der Waals surface area (Å²) >= 11 is 6.61. The van der Waals surface area contributed by atoms with Crippen LogP contribution < -0.4 is 19.3 Å². The lowest BCUT2D eigenvalue weighted by atomic mass is 10.1. The maximum absolute atomic E-state index is 11.2. The average molecular weight is 546 g/mol. The maximum atomic E-state index is 11.2. The van der Waals surface area contributed by atoms with E-state index in [1.165, 1.54) is 6.20 Å². The van der Waals surface area contributed by atoms with E-state index < -0.39 is 10.2 Å². The van der Waals surface area contributed by atoms with E-state index in [1.54, 1.807) is 12.4 Å². The van der Waals surface area contributed by atoms with Crippen LogP contribution in [0.4, 0.5) is 5.95 Å². The summed E-state index contributed by atoms with van der Waals surface area (Å²) in [5.41, 5.74) is 1.35. The Bertz CT molecular complexity index is 1080. The highest BCUT2D eigenvalue weighted by atomic mass is 79.9. The molecule has 0 saturated heterocycles. The van der Waals surface area contributed by atoms with E-state index in [9.17, 15) is 8.42 Å². The van der Waals surface area contributed by atoms with Crippen LogP contribution in [0.5, 0.6) is 11.9 Å². The van der Waals surface area contributed by atoms with Gasteiger partial charge in [0.15, 0.2) is 0 Å². The summed E-state index contributed by atoms with van der Waals surface area (Å²) in [6.07, 6.45) is 4.56. The van der Waals surface area contributed by atoms with Gasteiger partial charge in [0.05, 0.1) is 10.0 Å². The van der Waals surface area contributed by atoms with Gasteiger partial charge in [-0.15, -0.1) is 0 Å². The molecule has 3 rings (SSSR count). The summed E-state index contributed by atoms with van der Waals surface area (Å²) in [6, 6.07) is 7.58. The van der Waals surface area contributed by atoms with E-state index in [0.717, 1.165) is 14.5 Å². The first-order chi connectivity index (χ1) is 13.8. The molecule has 2 aromatic heterocycles. The van der Waals surface area contributed by atoms with Gasteiger partial charge >= 0.3 is 6.01 Å². The van der Waals surface area contributed by atoms with Crippen molar-refractivity contribution in [2.75, 3.05) is 17.9 Å². The van der Waals surface area contributed by atoms with Crippen molar-refractivity contribution in [2.45, 2.75) is 0 Å². The van der Waals surface area contributed by atoms with Gasteiger partial charge in [-0.3, -0.25) is 0 Å². The van der Waals surface area contributed by atoms with Crippen LogP contribution in [0.3, 0.4) is 0 Å². The molecule has 13 heteroatoms. The Kier molecular flexibility index (Phi) is 6.95. The van der Waals surface area contributed by atoms with Gasteiger partial charge in [0.1, 0.15) is 13.2 Å². The molecule has 0 unspecified atom stereocenters. The molecular formula is C16H14Br2N6O4S. The average Bonchev–Trinajstić information content (AvgIpc) is 2.66. The van der Waals surface area contributed by atoms with Crippen molar-refractivity contribution in [3.05, 3.63) is 51.8 Å². The molecule has 3 N–H and O–H groups in total. The molecule has 0 bridgehead atoms. The second kappa shape index (κ2) is 9.43. The Labute approximate surface area is 183 Å². The standard InChI is InChI=1S/C16H14Br2N6O4S/c17-11-3-1-10(2-4-11)13-9-20-15(24-29(19,25)26)23-14(13)27-5-6-28-16-21-7-12(18)8-22-16/h1-4,7-9H,5-6H2,(H2,19,25,26)(H,20,23,24). The fourth-order valence-electron chi connectivity index (χ4n) is 2.13. The van der Waals surface area contributed by atoms with Crippen molar-refractivity contribution in [3.63, 3.8) is 0 Å². The zero-order chi connectivity index (χ0) is 20.9. The molecule has 0 radical (unpaired) electrons. The molecule has 0 amide bonds. The Hall–Kier alpha value is -2.35. The first-order valence-electron chi connectivity index (χ1n) is 7.97. The van der Waals surface area contributed by atoms with Crippen molar-refractivity contribution in [1.29, 1.82) is 0 Å². The van der Waals surface area contributed by atoms with Gasteiger partial charge in [-0.1, -0.05) is 28.1 Å². The van der Waals surface area contributed by atoms with E-state index in [0.29, 0.717) is 5.56 Å². The van der Waals surface area contributed by atoms with E-state index >= 15 is 0 Å². The third-order valence-corrected chi connectivity index (χ3v) is 4.70. The van der Waals surface area contributed by atoms with Gasteiger partial charge in [-0.2, -0.15) is 13.4 Å². The second-order valence-electron chi connectivity index (χ2n) is 5.45. The first kappa shape index (κ1) is 21.4. The lowest BCUT2D eigenvalue weighted by Crippen LogP contribution is -2.23. The molecule has 29 heavy (non-hydrogen) atoms. The molecule has 0 fully saturated rings. The molecular weight excluding hydrogens is 532 g/mol. The van der Waals surface area contributed by atoms with Crippen molar-refractivity contribution < 1.29 is 17.9 Å². The topological polar surface area (TPSA) is 142 Å². The minimum Gasteiger partial charge on any atom is -0.473 e. The summed E-state index contributed by atoms with van der Waals surface area (Å²) in [4.78, 5) is 16.1. The van der Waals surface area contributed by atoms with Crippen molar-refractivity contribution >= 4 is 48.0 Å². The summed E-state index contributed by atoms with van der Waals surface area (Å²) in [5.74, 6) is -0.0469. The van der Waals surface area contributed by atoms with E-state index in [4.69, 9.17) is 14.6 Å². The van der Waals surface area contributed by atoms with Crippen LogP contribution in [0.1, 0.15) is 0 Å². The molecule has 10 nitrogen and oxygen atoms in total. The molecule has 3 aromatic rings. The molecule has 2 heterocycles. The van der Waals surface area contributed by atoms with Crippen LogP contribution >= 0.6 is 31.9 Å². The van der Waals surface area contributed by atoms with Crippen LogP contribution in [0.25, 0.3) is 11.1 Å². The zero-order valence-electron chi connectivity index (χ0n) is 14.6. The van der Waals surface area contributed by atoms with E-state index in [-0.39, 0.29) is 31.1 Å². The summed E-state index contributed by atoms with van der Waals surface area (Å²) in [6.45, 7) is 0.248. The van der Waals surface area contributed by atoms with Crippen LogP contribution in [0.15, 0.2) is 51.8 Å². The molecule has 0 spiro atoms. The van der Waals surface area contributed by atoms with Crippen LogP contribution in [-0.4, -0.2) is 41.6 Å². The van der Waals surface area contributed by atoms with Crippen molar-refractivity contribution in [3.8, 4) is 23.0 Å². The summed E-state index contributed by atoms with van der Waals surface area (Å²) in [7, 11) is -4.02. The van der Waals surface area contributed by atoms with E-state index in [1.807, 2.05) is 29.0 Å². The predicted molar refractivity (Wildman–Crippen MR) is 113 cm³/mol. The molecule has 0 aliphatic heterocycles. The number of ether oxygens (including phenoxy) is 2. The Morgan fingerprint density at radius 1 is 0.931 bits per heavy atom. The van der Waals surface area contributed by atoms with E-state index in [2.05, 4.69) is 51.8 Å². The number of aromatic nitrogens is 4. The highest BCUT2D eigenvalue weighted by molar-refractivity contribution is 9.10. The van der Waals surface area contributed by atoms with Crippen LogP contribution in [0, 0.1) is 0 Å².